The number of pyridine rings is 1. The molecule has 49 heavy (non-hydrogen) atoms. The summed E-state index contributed by atoms with van der Waals surface area (Å²) in [6.07, 6.45) is -7.71. The number of halogens is 8. The second kappa shape index (κ2) is 16.3. The number of nitrogens with one attached hydrogen (secondary N) is 2. The summed E-state index contributed by atoms with van der Waals surface area (Å²) in [7, 11) is 1.48. The van der Waals surface area contributed by atoms with Crippen LogP contribution in [0.15, 0.2) is 60.8 Å². The Bertz CT molecular complexity index is 1770. The van der Waals surface area contributed by atoms with Crippen LogP contribution in [-0.2, 0) is 25.8 Å². The fourth-order valence-corrected chi connectivity index (χ4v) is 5.33. The number of anilines is 1. The van der Waals surface area contributed by atoms with Gasteiger partial charge in [0.25, 0.3) is 11.8 Å². The van der Waals surface area contributed by atoms with E-state index in [1.807, 2.05) is 24.3 Å². The number of benzene rings is 2. The first kappa shape index (κ1) is 39.0. The van der Waals surface area contributed by atoms with Crippen LogP contribution in [-0.4, -0.2) is 33.1 Å². The molecule has 1 atom stereocenters. The highest BCUT2D eigenvalue weighted by atomic mass is 35.5. The number of para-hydroxylation sites is 1. The number of alkyl halides is 6. The van der Waals surface area contributed by atoms with Gasteiger partial charge in [0, 0.05) is 31.9 Å². The first-order valence-electron chi connectivity index (χ1n) is 15.1. The third-order valence-electron chi connectivity index (χ3n) is 7.31. The fraction of sp³-hybridized carbons (Fsp3) is 0.353. The quantitative estimate of drug-likeness (QED) is 0.170. The minimum absolute atomic E-state index is 0.00110. The molecule has 4 rings (SSSR count). The molecule has 2 amide bonds. The van der Waals surface area contributed by atoms with Crippen LogP contribution in [0.5, 0.6) is 0 Å². The second-order valence-electron chi connectivity index (χ2n) is 11.6. The van der Waals surface area contributed by atoms with E-state index in [1.165, 1.54) is 13.1 Å². The molecule has 0 bridgehead atoms. The maximum Gasteiger partial charge on any atom is 0.417 e. The molecule has 4 aromatic rings. The molecule has 0 aliphatic rings. The van der Waals surface area contributed by atoms with Gasteiger partial charge in [-0.3, -0.25) is 14.6 Å². The minimum Gasteiger partial charge on any atom is -0.352 e. The number of carbonyl (C=O) groups is 2. The molecule has 0 aliphatic heterocycles. The number of hydrogen-bond donors (Lipinski definition) is 2. The van der Waals surface area contributed by atoms with Gasteiger partial charge in [0.05, 0.1) is 33.1 Å². The van der Waals surface area contributed by atoms with E-state index in [-0.39, 0.29) is 29.2 Å². The predicted octanol–water partition coefficient (Wildman–Crippen LogP) is 9.01. The van der Waals surface area contributed by atoms with Crippen LogP contribution in [0.2, 0.25) is 5.02 Å². The molecule has 0 saturated carbocycles. The number of nitrogens with zero attached hydrogens (tertiary/aromatic N) is 3. The normalized spacial score (nSPS) is 12.3. The molecule has 2 heterocycles. The lowest BCUT2D eigenvalue weighted by Gasteiger charge is -2.18. The molecule has 2 N–H and O–H groups in total. The summed E-state index contributed by atoms with van der Waals surface area (Å²) >= 11 is 5.73. The van der Waals surface area contributed by atoms with Crippen molar-refractivity contribution in [1.82, 2.24) is 20.1 Å². The Hall–Kier alpha value is -4.46. The van der Waals surface area contributed by atoms with Crippen LogP contribution in [0.25, 0.3) is 0 Å². The summed E-state index contributed by atoms with van der Waals surface area (Å²) in [5.41, 5.74) is -0.382. The lowest BCUT2D eigenvalue weighted by molar-refractivity contribution is -0.138. The lowest BCUT2D eigenvalue weighted by Crippen LogP contribution is -2.28. The average molecular weight is 714 g/mol. The largest absolute Gasteiger partial charge is 0.417 e. The molecule has 0 saturated heterocycles. The first-order valence-corrected chi connectivity index (χ1v) is 15.4. The van der Waals surface area contributed by atoms with E-state index in [0.29, 0.717) is 29.8 Å². The summed E-state index contributed by atoms with van der Waals surface area (Å²) < 4.78 is 91.4. The van der Waals surface area contributed by atoms with Crippen molar-refractivity contribution in [1.29, 1.82) is 0 Å². The maximum absolute atomic E-state index is 14.0. The molecule has 0 spiro atoms. The monoisotopic (exact) mass is 713 g/mol. The number of carbonyl (C=O) groups excluding carboxylic acids is 2. The zero-order chi connectivity index (χ0) is 36.7. The Morgan fingerprint density at radius 1 is 0.939 bits per heavy atom. The van der Waals surface area contributed by atoms with Gasteiger partial charge in [0.1, 0.15) is 5.56 Å². The number of amides is 2. The summed E-state index contributed by atoms with van der Waals surface area (Å²) in [6.45, 7) is 7.97. The highest BCUT2D eigenvalue weighted by molar-refractivity contribution is 6.31. The van der Waals surface area contributed by atoms with Gasteiger partial charge in [0.2, 0.25) is 5.95 Å². The molecule has 7 nitrogen and oxygen atoms in total. The summed E-state index contributed by atoms with van der Waals surface area (Å²) in [5, 5.41) is 8.82. The molecule has 0 aliphatic carbocycles. The van der Waals surface area contributed by atoms with Crippen molar-refractivity contribution in [3.05, 3.63) is 111 Å². The Morgan fingerprint density at radius 3 is 2.14 bits per heavy atom. The van der Waals surface area contributed by atoms with Crippen molar-refractivity contribution in [2.24, 2.45) is 13.0 Å². The maximum atomic E-state index is 14.0. The van der Waals surface area contributed by atoms with Crippen molar-refractivity contribution in [3.8, 4) is 0 Å². The minimum atomic E-state index is -4.69. The van der Waals surface area contributed by atoms with Gasteiger partial charge in [0.15, 0.2) is 0 Å². The lowest BCUT2D eigenvalue weighted by atomic mass is 9.91. The van der Waals surface area contributed by atoms with E-state index in [2.05, 4.69) is 41.5 Å². The van der Waals surface area contributed by atoms with E-state index >= 15 is 0 Å². The summed E-state index contributed by atoms with van der Waals surface area (Å²) in [5.74, 6) is -1.16. The van der Waals surface area contributed by atoms with Crippen LogP contribution in [0.4, 0.5) is 36.4 Å². The third kappa shape index (κ3) is 10.5. The van der Waals surface area contributed by atoms with Gasteiger partial charge in [-0.25, -0.2) is 4.68 Å². The summed E-state index contributed by atoms with van der Waals surface area (Å²) in [4.78, 5) is 28.0. The van der Waals surface area contributed by atoms with Crippen LogP contribution < -0.4 is 10.6 Å². The zero-order valence-electron chi connectivity index (χ0n) is 27.2. The molecule has 264 valence electrons. The fourth-order valence-electron chi connectivity index (χ4n) is 5.07. The second-order valence-corrected chi connectivity index (χ2v) is 12.1. The van der Waals surface area contributed by atoms with Gasteiger partial charge < -0.3 is 10.6 Å². The Balaban J connectivity index is 0.000000267. The van der Waals surface area contributed by atoms with Gasteiger partial charge in [-0.2, -0.15) is 35.8 Å². The van der Waals surface area contributed by atoms with Crippen molar-refractivity contribution in [3.63, 3.8) is 0 Å². The average Bonchev–Trinajstić information content (AvgIpc) is 3.27. The number of aryl methyl sites for hydroxylation is 2. The molecular formula is C34H35ClF7N5O2. The molecule has 0 radical (unpaired) electrons. The van der Waals surface area contributed by atoms with Crippen molar-refractivity contribution >= 4 is 29.1 Å². The highest BCUT2D eigenvalue weighted by Crippen LogP contribution is 2.33. The first-order chi connectivity index (χ1) is 22.8. The van der Waals surface area contributed by atoms with Crippen LogP contribution in [0.3, 0.4) is 0 Å². The van der Waals surface area contributed by atoms with Gasteiger partial charge in [-0.1, -0.05) is 62.7 Å². The van der Waals surface area contributed by atoms with E-state index in [0.717, 1.165) is 40.6 Å². The predicted molar refractivity (Wildman–Crippen MR) is 172 cm³/mol. The third-order valence-corrected chi connectivity index (χ3v) is 7.64. The molecule has 0 fully saturated rings. The SMILES string of the molecule is Cc1nn(C)c(F)c1C(=O)Nc1ccccc1C(C)CC(C)C.O=C(NCCc1ncc(C(F)(F)F)cc1Cl)c1ccccc1C(F)(F)F. The van der Waals surface area contributed by atoms with Crippen LogP contribution >= 0.6 is 11.6 Å². The van der Waals surface area contributed by atoms with Gasteiger partial charge in [-0.05, 0) is 55.0 Å². The Kier molecular flexibility index (Phi) is 13.0. The Labute approximate surface area is 283 Å². The molecule has 1 unspecified atom stereocenters. The molecule has 15 heteroatoms. The summed E-state index contributed by atoms with van der Waals surface area (Å²) in [6, 6.07) is 12.6. The van der Waals surface area contributed by atoms with Gasteiger partial charge >= 0.3 is 12.4 Å². The topological polar surface area (TPSA) is 88.9 Å². The molecule has 2 aromatic carbocycles. The number of hydrogen-bond acceptors (Lipinski definition) is 4. The van der Waals surface area contributed by atoms with E-state index < -0.39 is 46.8 Å². The van der Waals surface area contributed by atoms with Crippen LogP contribution in [0, 0.1) is 18.8 Å². The van der Waals surface area contributed by atoms with Gasteiger partial charge in [-0.15, -0.1) is 0 Å². The number of aromatic nitrogens is 3. The smallest absolute Gasteiger partial charge is 0.352 e. The van der Waals surface area contributed by atoms with Crippen molar-refractivity contribution < 1.29 is 40.3 Å². The van der Waals surface area contributed by atoms with E-state index in [4.69, 9.17) is 11.6 Å². The highest BCUT2D eigenvalue weighted by Gasteiger charge is 2.35. The van der Waals surface area contributed by atoms with Crippen molar-refractivity contribution in [2.75, 3.05) is 11.9 Å². The van der Waals surface area contributed by atoms with E-state index in [1.54, 1.807) is 6.92 Å². The standard InChI is InChI=1S/C18H24FN3O.C16H11ClF6N2O/c1-11(2)10-12(3)14-8-6-7-9-15(14)20-18(23)16-13(4)21-22(5)17(16)19;17-12-7-9(15(18,19)20)8-25-13(12)5-6-24-14(26)10-3-1-2-4-11(10)16(21,22)23/h6-9,11-12H,10H2,1-5H3,(H,20,23);1-4,7-8H,5-6H2,(H,24,26). The Morgan fingerprint density at radius 2 is 1.57 bits per heavy atom. The van der Waals surface area contributed by atoms with Crippen molar-refractivity contribution in [2.45, 2.75) is 58.8 Å². The number of rotatable bonds is 9. The van der Waals surface area contributed by atoms with Crippen LogP contribution in [0.1, 0.15) is 81.9 Å². The molecular weight excluding hydrogens is 679 g/mol. The zero-order valence-corrected chi connectivity index (χ0v) is 28.0. The van der Waals surface area contributed by atoms with E-state index in [9.17, 15) is 40.3 Å². The molecule has 2 aromatic heterocycles.